The first-order valence-electron chi connectivity index (χ1n) is 6.73. The van der Waals surface area contributed by atoms with Crippen molar-refractivity contribution in [1.29, 1.82) is 0 Å². The molecule has 22 heavy (non-hydrogen) atoms. The number of amides is 1. The molecule has 0 spiro atoms. The summed E-state index contributed by atoms with van der Waals surface area (Å²) in [5.74, 6) is 0.707. The molecule has 3 rings (SSSR count). The van der Waals surface area contributed by atoms with Gasteiger partial charge in [-0.3, -0.25) is 9.36 Å². The highest BCUT2D eigenvalue weighted by Gasteiger charge is 2.22. The van der Waals surface area contributed by atoms with Gasteiger partial charge in [-0.25, -0.2) is 9.97 Å². The number of nitrogens with two attached hydrogens (primary N) is 1. The number of halogens is 2. The Morgan fingerprint density at radius 2 is 2.14 bits per heavy atom. The third-order valence-corrected chi connectivity index (χ3v) is 3.51. The number of hydrogen-bond donors (Lipinski definition) is 1. The first kappa shape index (κ1) is 18.4. The summed E-state index contributed by atoms with van der Waals surface area (Å²) in [6.07, 6.45) is 8.74. The highest BCUT2D eigenvalue weighted by molar-refractivity contribution is 5.94. The van der Waals surface area contributed by atoms with Crippen LogP contribution in [0.15, 0.2) is 37.1 Å². The molecule has 1 unspecified atom stereocenters. The van der Waals surface area contributed by atoms with Crippen molar-refractivity contribution in [2.75, 3.05) is 13.1 Å². The number of likely N-dealkylation sites (tertiary alicyclic amines) is 1. The summed E-state index contributed by atoms with van der Waals surface area (Å²) >= 11 is 0. The Hall–Kier alpha value is -1.63. The van der Waals surface area contributed by atoms with Gasteiger partial charge >= 0.3 is 0 Å². The van der Waals surface area contributed by atoms with E-state index in [0.29, 0.717) is 17.9 Å². The van der Waals surface area contributed by atoms with Crippen LogP contribution in [0.25, 0.3) is 5.82 Å². The van der Waals surface area contributed by atoms with Crippen molar-refractivity contribution in [3.63, 3.8) is 0 Å². The fourth-order valence-corrected chi connectivity index (χ4v) is 2.46. The van der Waals surface area contributed by atoms with Crippen LogP contribution in [0.4, 0.5) is 0 Å². The van der Waals surface area contributed by atoms with Crippen LogP contribution in [-0.2, 0) is 0 Å². The number of carbonyl (C=O) groups excluding carboxylic acids is 1. The Kier molecular flexibility index (Phi) is 6.80. The molecule has 0 aromatic carbocycles. The SMILES string of the molecule is Cl.Cl.NC1CCCN(C(=O)c2ccnc(-n3ccnc3)c2)C1. The Labute approximate surface area is 141 Å². The minimum Gasteiger partial charge on any atom is -0.337 e. The van der Waals surface area contributed by atoms with Crippen LogP contribution in [0.3, 0.4) is 0 Å². The molecule has 120 valence electrons. The Balaban J connectivity index is 0.00000121. The number of pyridine rings is 1. The minimum absolute atomic E-state index is 0. The average Bonchev–Trinajstić information content (AvgIpc) is 3.01. The van der Waals surface area contributed by atoms with Gasteiger partial charge in [0, 0.05) is 43.3 Å². The van der Waals surface area contributed by atoms with E-state index >= 15 is 0 Å². The zero-order valence-electron chi connectivity index (χ0n) is 12.0. The molecule has 1 atom stereocenters. The molecule has 0 radical (unpaired) electrons. The highest BCUT2D eigenvalue weighted by Crippen LogP contribution is 2.14. The van der Waals surface area contributed by atoms with Crippen LogP contribution in [0, 0.1) is 0 Å². The standard InChI is InChI=1S/C14H17N5O.2ClH/c15-12-2-1-6-18(9-12)14(20)11-3-4-17-13(8-11)19-7-5-16-10-19;;/h3-5,7-8,10,12H,1-2,6,9,15H2;2*1H. The molecule has 2 aromatic heterocycles. The van der Waals surface area contributed by atoms with E-state index in [1.807, 2.05) is 4.90 Å². The molecule has 1 aliphatic rings. The Morgan fingerprint density at radius 1 is 1.32 bits per heavy atom. The maximum Gasteiger partial charge on any atom is 0.254 e. The molecule has 2 N–H and O–H groups in total. The summed E-state index contributed by atoms with van der Waals surface area (Å²) in [4.78, 5) is 22.5. The molecule has 2 aromatic rings. The van der Waals surface area contributed by atoms with Gasteiger partial charge in [0.15, 0.2) is 0 Å². The second kappa shape index (κ2) is 8.12. The quantitative estimate of drug-likeness (QED) is 0.899. The first-order chi connectivity index (χ1) is 9.74. The van der Waals surface area contributed by atoms with Crippen molar-refractivity contribution < 1.29 is 4.79 Å². The third-order valence-electron chi connectivity index (χ3n) is 3.51. The highest BCUT2D eigenvalue weighted by atomic mass is 35.5. The lowest BCUT2D eigenvalue weighted by Crippen LogP contribution is -2.45. The number of rotatable bonds is 2. The van der Waals surface area contributed by atoms with Crippen molar-refractivity contribution in [2.24, 2.45) is 5.73 Å². The van der Waals surface area contributed by atoms with Gasteiger partial charge in [-0.1, -0.05) is 0 Å². The van der Waals surface area contributed by atoms with Crippen molar-refractivity contribution in [1.82, 2.24) is 19.4 Å². The molecule has 1 amide bonds. The van der Waals surface area contributed by atoms with E-state index in [-0.39, 0.29) is 36.8 Å². The van der Waals surface area contributed by atoms with Gasteiger partial charge in [0.1, 0.15) is 12.1 Å². The monoisotopic (exact) mass is 343 g/mol. The molecule has 6 nitrogen and oxygen atoms in total. The zero-order valence-corrected chi connectivity index (χ0v) is 13.6. The summed E-state index contributed by atoms with van der Waals surface area (Å²) in [5.41, 5.74) is 6.57. The van der Waals surface area contributed by atoms with Gasteiger partial charge in [0.25, 0.3) is 5.91 Å². The molecule has 3 heterocycles. The summed E-state index contributed by atoms with van der Waals surface area (Å²) < 4.78 is 1.78. The van der Waals surface area contributed by atoms with E-state index < -0.39 is 0 Å². The first-order valence-corrected chi connectivity index (χ1v) is 6.73. The Morgan fingerprint density at radius 3 is 2.82 bits per heavy atom. The molecular formula is C14H19Cl2N5O. The zero-order chi connectivity index (χ0) is 13.9. The van der Waals surface area contributed by atoms with Crippen LogP contribution < -0.4 is 5.73 Å². The van der Waals surface area contributed by atoms with E-state index in [4.69, 9.17) is 5.73 Å². The smallest absolute Gasteiger partial charge is 0.254 e. The molecule has 1 saturated heterocycles. The molecule has 1 fully saturated rings. The number of aromatic nitrogens is 3. The molecule has 8 heteroatoms. The average molecular weight is 344 g/mol. The molecular weight excluding hydrogens is 325 g/mol. The second-order valence-electron chi connectivity index (χ2n) is 5.03. The molecule has 0 aliphatic carbocycles. The van der Waals surface area contributed by atoms with Gasteiger partial charge in [-0.15, -0.1) is 24.8 Å². The maximum absolute atomic E-state index is 12.5. The lowest BCUT2D eigenvalue weighted by molar-refractivity contribution is 0.0708. The Bertz CT molecular complexity index is 605. The van der Waals surface area contributed by atoms with Crippen molar-refractivity contribution in [3.05, 3.63) is 42.6 Å². The molecule has 1 aliphatic heterocycles. The second-order valence-corrected chi connectivity index (χ2v) is 5.03. The van der Waals surface area contributed by atoms with Crippen LogP contribution in [-0.4, -0.2) is 44.5 Å². The van der Waals surface area contributed by atoms with Crippen molar-refractivity contribution in [3.8, 4) is 5.82 Å². The number of imidazole rings is 1. The van der Waals surface area contributed by atoms with Crippen LogP contribution in [0.5, 0.6) is 0 Å². The van der Waals surface area contributed by atoms with E-state index in [2.05, 4.69) is 9.97 Å². The largest absolute Gasteiger partial charge is 0.337 e. The number of carbonyl (C=O) groups is 1. The van der Waals surface area contributed by atoms with Gasteiger partial charge in [0.2, 0.25) is 0 Å². The van der Waals surface area contributed by atoms with Crippen LogP contribution in [0.1, 0.15) is 23.2 Å². The number of piperidine rings is 1. The van der Waals surface area contributed by atoms with Gasteiger partial charge in [-0.05, 0) is 25.0 Å². The minimum atomic E-state index is 0. The van der Waals surface area contributed by atoms with E-state index in [0.717, 1.165) is 19.4 Å². The van der Waals surface area contributed by atoms with Crippen molar-refractivity contribution >= 4 is 30.7 Å². The van der Waals surface area contributed by atoms with Gasteiger partial charge < -0.3 is 10.6 Å². The summed E-state index contributed by atoms with van der Waals surface area (Å²) in [7, 11) is 0. The molecule has 0 bridgehead atoms. The lowest BCUT2D eigenvalue weighted by atomic mass is 10.1. The fourth-order valence-electron chi connectivity index (χ4n) is 2.46. The fraction of sp³-hybridized carbons (Fsp3) is 0.357. The molecule has 0 saturated carbocycles. The van der Waals surface area contributed by atoms with Gasteiger partial charge in [-0.2, -0.15) is 0 Å². The normalized spacial score (nSPS) is 17.3. The predicted molar refractivity (Wildman–Crippen MR) is 89.0 cm³/mol. The van der Waals surface area contributed by atoms with Crippen LogP contribution >= 0.6 is 24.8 Å². The van der Waals surface area contributed by atoms with E-state index in [1.54, 1.807) is 41.6 Å². The lowest BCUT2D eigenvalue weighted by Gasteiger charge is -2.30. The van der Waals surface area contributed by atoms with Crippen LogP contribution in [0.2, 0.25) is 0 Å². The van der Waals surface area contributed by atoms with Gasteiger partial charge in [0.05, 0.1) is 0 Å². The third kappa shape index (κ3) is 3.97. The summed E-state index contributed by atoms with van der Waals surface area (Å²) in [5, 5.41) is 0. The summed E-state index contributed by atoms with van der Waals surface area (Å²) in [6.45, 7) is 1.40. The van der Waals surface area contributed by atoms with E-state index in [9.17, 15) is 4.79 Å². The van der Waals surface area contributed by atoms with E-state index in [1.165, 1.54) is 0 Å². The number of hydrogen-bond acceptors (Lipinski definition) is 4. The summed E-state index contributed by atoms with van der Waals surface area (Å²) in [6, 6.07) is 3.61. The predicted octanol–water partition coefficient (Wildman–Crippen LogP) is 1.67. The number of nitrogens with zero attached hydrogens (tertiary/aromatic N) is 4. The van der Waals surface area contributed by atoms with Crippen molar-refractivity contribution in [2.45, 2.75) is 18.9 Å². The maximum atomic E-state index is 12.5. The topological polar surface area (TPSA) is 77.0 Å².